The highest BCUT2D eigenvalue weighted by Crippen LogP contribution is 2.44. The predicted octanol–water partition coefficient (Wildman–Crippen LogP) is 6.03. The minimum Gasteiger partial charge on any atom is -0.507 e. The number of hydrogen-bond acceptors (Lipinski definition) is 5. The number of amides is 1. The van der Waals surface area contributed by atoms with Gasteiger partial charge in [0.25, 0.3) is 11.7 Å². The second kappa shape index (κ2) is 9.24. The van der Waals surface area contributed by atoms with Crippen LogP contribution >= 0.6 is 11.3 Å². The quantitative estimate of drug-likeness (QED) is 0.277. The second-order valence-electron chi connectivity index (χ2n) is 8.63. The summed E-state index contributed by atoms with van der Waals surface area (Å²) in [7, 11) is 0. The summed E-state index contributed by atoms with van der Waals surface area (Å²) in [6.07, 6.45) is 0. The van der Waals surface area contributed by atoms with Crippen LogP contribution in [0.4, 0.5) is 5.69 Å². The molecule has 1 unspecified atom stereocenters. The van der Waals surface area contributed by atoms with E-state index in [2.05, 4.69) is 13.8 Å². The summed E-state index contributed by atoms with van der Waals surface area (Å²) < 4.78 is 5.72. The number of Topliss-reactive ketones (excluding diaryl/α,β-unsaturated/α-hetero) is 1. The minimum absolute atomic E-state index is 0.0965. The molecule has 1 amide bonds. The number of anilines is 1. The lowest BCUT2D eigenvalue weighted by Gasteiger charge is -2.26. The summed E-state index contributed by atoms with van der Waals surface area (Å²) in [6, 6.07) is 15.7. The van der Waals surface area contributed by atoms with Crippen molar-refractivity contribution in [1.82, 2.24) is 0 Å². The third kappa shape index (κ3) is 4.31. The number of nitrogens with zero attached hydrogens (tertiary/aromatic N) is 1. The maximum Gasteiger partial charge on any atom is 0.300 e. The summed E-state index contributed by atoms with van der Waals surface area (Å²) in [6.45, 7) is 8.63. The van der Waals surface area contributed by atoms with E-state index in [1.807, 2.05) is 49.6 Å². The number of aliphatic hydroxyl groups excluding tert-OH is 1. The zero-order valence-corrected chi connectivity index (χ0v) is 20.0. The van der Waals surface area contributed by atoms with Crippen LogP contribution in [-0.2, 0) is 9.59 Å². The molecule has 1 aromatic heterocycles. The number of thiophene rings is 1. The van der Waals surface area contributed by atoms with Crippen LogP contribution in [0, 0.1) is 19.8 Å². The molecular weight excluding hydrogens is 434 g/mol. The third-order valence-electron chi connectivity index (χ3n) is 5.80. The van der Waals surface area contributed by atoms with Gasteiger partial charge in [0.05, 0.1) is 12.2 Å². The summed E-state index contributed by atoms with van der Waals surface area (Å²) in [4.78, 5) is 28.8. The van der Waals surface area contributed by atoms with Gasteiger partial charge in [-0.3, -0.25) is 14.5 Å². The van der Waals surface area contributed by atoms with Gasteiger partial charge in [-0.15, -0.1) is 11.3 Å². The maximum atomic E-state index is 13.2. The number of aliphatic hydroxyl groups is 1. The van der Waals surface area contributed by atoms with Gasteiger partial charge in [0.1, 0.15) is 17.6 Å². The van der Waals surface area contributed by atoms with Crippen molar-refractivity contribution in [1.29, 1.82) is 0 Å². The van der Waals surface area contributed by atoms with E-state index < -0.39 is 17.7 Å². The Balaban J connectivity index is 1.81. The van der Waals surface area contributed by atoms with Gasteiger partial charge in [-0.1, -0.05) is 32.0 Å². The van der Waals surface area contributed by atoms with Crippen LogP contribution in [0.1, 0.15) is 41.5 Å². The Hall–Kier alpha value is -3.38. The van der Waals surface area contributed by atoms with Crippen molar-refractivity contribution in [3.05, 3.63) is 87.1 Å². The van der Waals surface area contributed by atoms with Crippen molar-refractivity contribution >= 4 is 34.5 Å². The molecule has 6 heteroatoms. The van der Waals surface area contributed by atoms with Gasteiger partial charge in [-0.05, 0) is 72.7 Å². The molecule has 0 bridgehead atoms. The van der Waals surface area contributed by atoms with Gasteiger partial charge in [0, 0.05) is 16.1 Å². The Morgan fingerprint density at radius 1 is 1.06 bits per heavy atom. The molecule has 2 heterocycles. The van der Waals surface area contributed by atoms with E-state index in [4.69, 9.17) is 4.74 Å². The molecule has 2 aromatic carbocycles. The number of rotatable bonds is 6. The normalized spacial score (nSPS) is 17.7. The van der Waals surface area contributed by atoms with Crippen molar-refractivity contribution in [3.63, 3.8) is 0 Å². The van der Waals surface area contributed by atoms with Crippen LogP contribution in [0.5, 0.6) is 5.75 Å². The molecular formula is C27H27NO4S. The largest absolute Gasteiger partial charge is 0.507 e. The first-order valence-electron chi connectivity index (χ1n) is 10.9. The molecule has 0 radical (unpaired) electrons. The fourth-order valence-corrected chi connectivity index (χ4v) is 4.74. The highest BCUT2D eigenvalue weighted by Gasteiger charge is 2.47. The molecule has 4 rings (SSSR count). The van der Waals surface area contributed by atoms with E-state index in [0.717, 1.165) is 16.0 Å². The Labute approximate surface area is 197 Å². The van der Waals surface area contributed by atoms with Crippen LogP contribution in [-0.4, -0.2) is 23.4 Å². The van der Waals surface area contributed by atoms with Crippen LogP contribution < -0.4 is 9.64 Å². The highest BCUT2D eigenvalue weighted by molar-refractivity contribution is 7.10. The molecule has 33 heavy (non-hydrogen) atoms. The topological polar surface area (TPSA) is 66.8 Å². The lowest BCUT2D eigenvalue weighted by molar-refractivity contribution is -0.132. The molecule has 0 saturated carbocycles. The van der Waals surface area contributed by atoms with Crippen molar-refractivity contribution in [2.24, 2.45) is 5.92 Å². The number of carbonyl (C=O) groups is 2. The van der Waals surface area contributed by atoms with Gasteiger partial charge in [-0.2, -0.15) is 0 Å². The molecule has 1 N–H and O–H groups in total. The Morgan fingerprint density at radius 3 is 2.42 bits per heavy atom. The fraction of sp³-hybridized carbons (Fsp3) is 0.259. The Kier molecular flexibility index (Phi) is 6.38. The SMILES string of the molecule is Cc1cccc(N2C(=O)C(=O)/C(=C(\O)c3ccc(OCC(C)C)cc3)C2c2cccs2)c1C. The van der Waals surface area contributed by atoms with Crippen LogP contribution in [0.3, 0.4) is 0 Å². The predicted molar refractivity (Wildman–Crippen MR) is 132 cm³/mol. The second-order valence-corrected chi connectivity index (χ2v) is 9.61. The number of ether oxygens (including phenoxy) is 1. The summed E-state index contributed by atoms with van der Waals surface area (Å²) >= 11 is 1.45. The number of hydrogen-bond donors (Lipinski definition) is 1. The van der Waals surface area contributed by atoms with Crippen molar-refractivity contribution in [2.75, 3.05) is 11.5 Å². The molecule has 0 aliphatic carbocycles. The lowest BCUT2D eigenvalue weighted by Crippen LogP contribution is -2.29. The van der Waals surface area contributed by atoms with E-state index in [-0.39, 0.29) is 11.3 Å². The van der Waals surface area contributed by atoms with Gasteiger partial charge >= 0.3 is 0 Å². The molecule has 0 spiro atoms. The maximum absolute atomic E-state index is 13.2. The first kappa shape index (κ1) is 22.8. The molecule has 1 atom stereocenters. The van der Waals surface area contributed by atoms with Crippen LogP contribution in [0.25, 0.3) is 5.76 Å². The standard InChI is InChI=1S/C27H27NO4S/c1-16(2)15-32-20-12-10-19(11-13-20)25(29)23-24(22-9-6-14-33-22)28(27(31)26(23)30)21-8-5-7-17(3)18(21)4/h5-14,16,24,29H,15H2,1-4H3/b25-23-. The van der Waals surface area contributed by atoms with E-state index >= 15 is 0 Å². The number of carbonyl (C=O) groups excluding carboxylic acids is 2. The van der Waals surface area contributed by atoms with Gasteiger partial charge < -0.3 is 9.84 Å². The monoisotopic (exact) mass is 461 g/mol. The van der Waals surface area contributed by atoms with Crippen LogP contribution in [0.15, 0.2) is 65.6 Å². The third-order valence-corrected chi connectivity index (χ3v) is 6.73. The van der Waals surface area contributed by atoms with Crippen LogP contribution in [0.2, 0.25) is 0 Å². The number of ketones is 1. The smallest absolute Gasteiger partial charge is 0.300 e. The molecule has 1 aliphatic heterocycles. The van der Waals surface area contributed by atoms with E-state index in [9.17, 15) is 14.7 Å². The average Bonchev–Trinajstić information content (AvgIpc) is 3.41. The average molecular weight is 462 g/mol. The van der Waals surface area contributed by atoms with E-state index in [1.165, 1.54) is 16.2 Å². The molecule has 1 saturated heterocycles. The zero-order valence-electron chi connectivity index (χ0n) is 19.2. The zero-order chi connectivity index (χ0) is 23.7. The van der Waals surface area contributed by atoms with Gasteiger partial charge in [0.15, 0.2) is 0 Å². The van der Waals surface area contributed by atoms with Gasteiger partial charge in [0.2, 0.25) is 0 Å². The molecule has 1 aliphatic rings. The molecule has 3 aromatic rings. The fourth-order valence-electron chi connectivity index (χ4n) is 3.92. The Morgan fingerprint density at radius 2 is 1.79 bits per heavy atom. The van der Waals surface area contributed by atoms with Crippen molar-refractivity contribution in [3.8, 4) is 5.75 Å². The summed E-state index contributed by atoms with van der Waals surface area (Å²) in [5, 5.41) is 13.1. The van der Waals surface area contributed by atoms with E-state index in [1.54, 1.807) is 24.3 Å². The van der Waals surface area contributed by atoms with Crippen molar-refractivity contribution < 1.29 is 19.4 Å². The van der Waals surface area contributed by atoms with Crippen molar-refractivity contribution in [2.45, 2.75) is 33.7 Å². The molecule has 5 nitrogen and oxygen atoms in total. The van der Waals surface area contributed by atoms with Gasteiger partial charge in [-0.25, -0.2) is 0 Å². The lowest BCUT2D eigenvalue weighted by atomic mass is 9.99. The highest BCUT2D eigenvalue weighted by atomic mass is 32.1. The molecule has 1 fully saturated rings. The first-order chi connectivity index (χ1) is 15.8. The first-order valence-corrected chi connectivity index (χ1v) is 11.8. The molecule has 170 valence electrons. The number of benzene rings is 2. The Bertz CT molecular complexity index is 1210. The van der Waals surface area contributed by atoms with E-state index in [0.29, 0.717) is 29.5 Å². The number of aryl methyl sites for hydroxylation is 1. The summed E-state index contributed by atoms with van der Waals surface area (Å²) in [5.41, 5.74) is 3.18. The minimum atomic E-state index is -0.692. The summed E-state index contributed by atoms with van der Waals surface area (Å²) in [5.74, 6) is -0.432.